The lowest BCUT2D eigenvalue weighted by Gasteiger charge is -2.14. The van der Waals surface area contributed by atoms with Gasteiger partial charge < -0.3 is 11.1 Å². The Hall–Kier alpha value is -2.79. The molecule has 0 bridgehead atoms. The second-order valence-electron chi connectivity index (χ2n) is 6.40. The third-order valence-electron chi connectivity index (χ3n) is 4.04. The SMILES string of the molecule is NCCSCc1cc(Nc2ncc(F)c(-c3ccc(F)cc3F)n2)cc(C(F)(F)F)c1. The molecular formula is C20H16F6N4S. The molecule has 1 aromatic heterocycles. The zero-order valence-electron chi connectivity index (χ0n) is 15.8. The van der Waals surface area contributed by atoms with Gasteiger partial charge in [0.15, 0.2) is 5.82 Å². The summed E-state index contributed by atoms with van der Waals surface area (Å²) in [5.41, 5.74) is 4.17. The van der Waals surface area contributed by atoms with Crippen molar-refractivity contribution < 1.29 is 26.3 Å². The van der Waals surface area contributed by atoms with Crippen molar-refractivity contribution >= 4 is 23.4 Å². The van der Waals surface area contributed by atoms with E-state index in [-0.39, 0.29) is 17.2 Å². The second kappa shape index (κ2) is 9.56. The van der Waals surface area contributed by atoms with E-state index in [4.69, 9.17) is 5.73 Å². The molecule has 4 nitrogen and oxygen atoms in total. The van der Waals surface area contributed by atoms with E-state index in [1.54, 1.807) is 0 Å². The number of nitrogens with one attached hydrogen (secondary N) is 1. The van der Waals surface area contributed by atoms with Crippen LogP contribution in [0.25, 0.3) is 11.3 Å². The third kappa shape index (κ3) is 5.88. The summed E-state index contributed by atoms with van der Waals surface area (Å²) in [5.74, 6) is -2.24. The van der Waals surface area contributed by atoms with Crippen molar-refractivity contribution in [3.63, 3.8) is 0 Å². The van der Waals surface area contributed by atoms with Crippen LogP contribution in [0.1, 0.15) is 11.1 Å². The number of nitrogens with zero attached hydrogens (tertiary/aromatic N) is 2. The number of thioether (sulfide) groups is 1. The number of hydrogen-bond acceptors (Lipinski definition) is 5. The summed E-state index contributed by atoms with van der Waals surface area (Å²) < 4.78 is 81.2. The summed E-state index contributed by atoms with van der Waals surface area (Å²) in [6.45, 7) is 0.390. The minimum atomic E-state index is -4.59. The van der Waals surface area contributed by atoms with E-state index in [0.29, 0.717) is 29.7 Å². The largest absolute Gasteiger partial charge is 0.416 e. The first kappa shape index (κ1) is 22.9. The van der Waals surface area contributed by atoms with Crippen molar-refractivity contribution in [2.75, 3.05) is 17.6 Å². The van der Waals surface area contributed by atoms with E-state index in [9.17, 15) is 26.3 Å². The minimum Gasteiger partial charge on any atom is -0.330 e. The fourth-order valence-corrected chi connectivity index (χ4v) is 3.42. The Morgan fingerprint density at radius 1 is 1.00 bits per heavy atom. The summed E-state index contributed by atoms with van der Waals surface area (Å²) >= 11 is 1.37. The predicted molar refractivity (Wildman–Crippen MR) is 107 cm³/mol. The van der Waals surface area contributed by atoms with Gasteiger partial charge in [0.2, 0.25) is 5.95 Å². The highest BCUT2D eigenvalue weighted by Crippen LogP contribution is 2.34. The van der Waals surface area contributed by atoms with E-state index in [2.05, 4.69) is 15.3 Å². The highest BCUT2D eigenvalue weighted by Gasteiger charge is 2.31. The van der Waals surface area contributed by atoms with Gasteiger partial charge in [-0.1, -0.05) is 0 Å². The Labute approximate surface area is 177 Å². The average Bonchev–Trinajstić information content (AvgIpc) is 2.69. The number of anilines is 2. The van der Waals surface area contributed by atoms with Crippen LogP contribution in [0.2, 0.25) is 0 Å². The fraction of sp³-hybridized carbons (Fsp3) is 0.200. The molecule has 0 unspecified atom stereocenters. The van der Waals surface area contributed by atoms with Crippen molar-refractivity contribution in [2.24, 2.45) is 5.73 Å². The van der Waals surface area contributed by atoms with Crippen LogP contribution >= 0.6 is 11.8 Å². The number of alkyl halides is 3. The van der Waals surface area contributed by atoms with Gasteiger partial charge in [-0.2, -0.15) is 24.9 Å². The molecule has 0 aliphatic rings. The summed E-state index contributed by atoms with van der Waals surface area (Å²) in [6.07, 6.45) is -3.84. The Bertz CT molecular complexity index is 1070. The van der Waals surface area contributed by atoms with Crippen molar-refractivity contribution in [1.82, 2.24) is 9.97 Å². The van der Waals surface area contributed by atoms with Crippen LogP contribution < -0.4 is 11.1 Å². The first-order valence-electron chi connectivity index (χ1n) is 8.91. The van der Waals surface area contributed by atoms with Crippen molar-refractivity contribution in [2.45, 2.75) is 11.9 Å². The zero-order valence-corrected chi connectivity index (χ0v) is 16.6. The second-order valence-corrected chi connectivity index (χ2v) is 7.50. The van der Waals surface area contributed by atoms with Crippen LogP contribution in [0.4, 0.5) is 38.0 Å². The molecule has 11 heteroatoms. The lowest BCUT2D eigenvalue weighted by molar-refractivity contribution is -0.137. The Morgan fingerprint density at radius 2 is 1.77 bits per heavy atom. The van der Waals surface area contributed by atoms with E-state index in [1.807, 2.05) is 0 Å². The van der Waals surface area contributed by atoms with E-state index >= 15 is 0 Å². The highest BCUT2D eigenvalue weighted by atomic mass is 32.2. The molecule has 0 amide bonds. The monoisotopic (exact) mass is 458 g/mol. The van der Waals surface area contributed by atoms with Crippen LogP contribution in [0.15, 0.2) is 42.6 Å². The van der Waals surface area contributed by atoms with Crippen LogP contribution in [0.3, 0.4) is 0 Å². The van der Waals surface area contributed by atoms with Crippen molar-refractivity contribution in [1.29, 1.82) is 0 Å². The first-order valence-corrected chi connectivity index (χ1v) is 10.1. The molecule has 0 saturated heterocycles. The maximum absolute atomic E-state index is 14.2. The lowest BCUT2D eigenvalue weighted by atomic mass is 10.1. The summed E-state index contributed by atoms with van der Waals surface area (Å²) in [5, 5.41) is 2.60. The number of benzene rings is 2. The van der Waals surface area contributed by atoms with E-state index in [1.165, 1.54) is 17.8 Å². The van der Waals surface area contributed by atoms with Crippen LogP contribution in [-0.4, -0.2) is 22.3 Å². The van der Waals surface area contributed by atoms with Crippen molar-refractivity contribution in [3.05, 3.63) is 71.2 Å². The number of rotatable bonds is 7. The molecule has 0 radical (unpaired) electrons. The molecule has 0 aliphatic heterocycles. The summed E-state index contributed by atoms with van der Waals surface area (Å²) in [6, 6.07) is 5.88. The number of aromatic nitrogens is 2. The van der Waals surface area contributed by atoms with Gasteiger partial charge in [0.05, 0.1) is 11.8 Å². The quantitative estimate of drug-likeness (QED) is 0.361. The van der Waals surface area contributed by atoms with Crippen LogP contribution in [0.5, 0.6) is 0 Å². The topological polar surface area (TPSA) is 63.8 Å². The smallest absolute Gasteiger partial charge is 0.330 e. The molecule has 3 aromatic rings. The summed E-state index contributed by atoms with van der Waals surface area (Å²) in [7, 11) is 0. The van der Waals surface area contributed by atoms with Gasteiger partial charge in [-0.3, -0.25) is 0 Å². The Balaban J connectivity index is 1.95. The van der Waals surface area contributed by atoms with Gasteiger partial charge >= 0.3 is 6.18 Å². The highest BCUT2D eigenvalue weighted by molar-refractivity contribution is 7.98. The maximum Gasteiger partial charge on any atom is 0.416 e. The number of halogens is 6. The minimum absolute atomic E-state index is 0.0234. The third-order valence-corrected chi connectivity index (χ3v) is 5.10. The Morgan fingerprint density at radius 3 is 2.45 bits per heavy atom. The summed E-state index contributed by atoms with van der Waals surface area (Å²) in [4.78, 5) is 7.57. The molecule has 2 aromatic carbocycles. The molecule has 3 rings (SSSR count). The molecule has 0 fully saturated rings. The molecular weight excluding hydrogens is 442 g/mol. The standard InChI is InChI=1S/C20H16F6N4S/c21-13-1-2-15(16(22)8-13)18-17(23)9-28-19(30-18)29-14-6-11(10-31-4-3-27)5-12(7-14)20(24,25)26/h1-2,5-9H,3-4,10,27H2,(H,28,29,30). The van der Waals surface area contributed by atoms with Gasteiger partial charge in [0.25, 0.3) is 0 Å². The molecule has 31 heavy (non-hydrogen) atoms. The van der Waals surface area contributed by atoms with Crippen LogP contribution in [-0.2, 0) is 11.9 Å². The normalized spacial score (nSPS) is 11.6. The zero-order chi connectivity index (χ0) is 22.6. The number of nitrogens with two attached hydrogens (primary N) is 1. The molecule has 0 aliphatic carbocycles. The molecule has 0 spiro atoms. The Kier molecular flexibility index (Phi) is 7.06. The van der Waals surface area contributed by atoms with E-state index in [0.717, 1.165) is 30.5 Å². The van der Waals surface area contributed by atoms with Crippen molar-refractivity contribution in [3.8, 4) is 11.3 Å². The average molecular weight is 458 g/mol. The predicted octanol–water partition coefficient (Wildman–Crippen LogP) is 5.52. The first-order chi connectivity index (χ1) is 14.7. The molecule has 0 saturated carbocycles. The van der Waals surface area contributed by atoms with Gasteiger partial charge in [-0.05, 0) is 35.9 Å². The van der Waals surface area contributed by atoms with Gasteiger partial charge in [0.1, 0.15) is 17.3 Å². The number of hydrogen-bond donors (Lipinski definition) is 2. The molecule has 3 N–H and O–H groups in total. The van der Waals surface area contributed by atoms with Gasteiger partial charge in [0, 0.05) is 35.4 Å². The van der Waals surface area contributed by atoms with E-state index < -0.39 is 34.9 Å². The maximum atomic E-state index is 14.2. The fourth-order valence-electron chi connectivity index (χ4n) is 2.71. The molecule has 164 valence electrons. The van der Waals surface area contributed by atoms with Crippen LogP contribution in [0, 0.1) is 17.5 Å². The van der Waals surface area contributed by atoms with Gasteiger partial charge in [-0.25, -0.2) is 23.1 Å². The van der Waals surface area contributed by atoms with Gasteiger partial charge in [-0.15, -0.1) is 0 Å². The molecule has 1 heterocycles. The lowest BCUT2D eigenvalue weighted by Crippen LogP contribution is -2.08. The molecule has 0 atom stereocenters.